The lowest BCUT2D eigenvalue weighted by Crippen LogP contribution is -2.46. The fraction of sp³-hybridized carbons (Fsp3) is 0.389. The Hall–Kier alpha value is -1.44. The molecule has 1 aromatic heterocycles. The lowest BCUT2D eigenvalue weighted by Gasteiger charge is -2.39. The van der Waals surface area contributed by atoms with Crippen LogP contribution in [0.4, 0.5) is 4.39 Å². The quantitative estimate of drug-likeness (QED) is 0.751. The van der Waals surface area contributed by atoms with Crippen molar-refractivity contribution in [3.8, 4) is 5.75 Å². The molecule has 1 fully saturated rings. The van der Waals surface area contributed by atoms with Crippen molar-refractivity contribution in [2.45, 2.75) is 31.3 Å². The predicted molar refractivity (Wildman–Crippen MR) is 98.8 cm³/mol. The highest BCUT2D eigenvalue weighted by Gasteiger charge is 2.36. The van der Waals surface area contributed by atoms with Gasteiger partial charge in [-0.15, -0.1) is 11.3 Å². The van der Waals surface area contributed by atoms with Crippen molar-refractivity contribution in [3.63, 3.8) is 0 Å². The Bertz CT molecular complexity index is 767. The van der Waals surface area contributed by atoms with E-state index < -0.39 is 17.8 Å². The molecule has 0 saturated carbocycles. The van der Waals surface area contributed by atoms with E-state index in [1.807, 2.05) is 23.1 Å². The zero-order chi connectivity index (χ0) is 18.0. The molecule has 3 rings (SSSR count). The van der Waals surface area contributed by atoms with Crippen LogP contribution in [0.25, 0.3) is 0 Å². The third kappa shape index (κ3) is 3.88. The van der Waals surface area contributed by atoms with Crippen molar-refractivity contribution in [2.75, 3.05) is 13.7 Å². The van der Waals surface area contributed by atoms with Crippen LogP contribution in [-0.4, -0.2) is 35.7 Å². The molecular weight excluding hydrogens is 409 g/mol. The lowest BCUT2D eigenvalue weighted by atomic mass is 9.95. The maximum absolute atomic E-state index is 14.3. The Labute approximate surface area is 158 Å². The Morgan fingerprint density at radius 2 is 2.20 bits per heavy atom. The van der Waals surface area contributed by atoms with Gasteiger partial charge in [0.2, 0.25) is 0 Å². The maximum Gasteiger partial charge on any atom is 0.320 e. The summed E-state index contributed by atoms with van der Waals surface area (Å²) in [5.74, 6) is -1.08. The van der Waals surface area contributed by atoms with E-state index in [1.165, 1.54) is 13.2 Å². The topological polar surface area (TPSA) is 49.8 Å². The molecule has 0 radical (unpaired) electrons. The van der Waals surface area contributed by atoms with Gasteiger partial charge in [-0.25, -0.2) is 4.39 Å². The highest BCUT2D eigenvalue weighted by atomic mass is 79.9. The lowest BCUT2D eigenvalue weighted by molar-refractivity contribution is -0.145. The highest BCUT2D eigenvalue weighted by Crippen LogP contribution is 2.39. The Kier molecular flexibility index (Phi) is 5.76. The first-order valence-corrected chi connectivity index (χ1v) is 9.69. The molecule has 134 valence electrons. The normalized spacial score (nSPS) is 19.6. The monoisotopic (exact) mass is 427 g/mol. The van der Waals surface area contributed by atoms with Crippen molar-refractivity contribution in [2.24, 2.45) is 0 Å². The zero-order valence-corrected chi connectivity index (χ0v) is 16.1. The van der Waals surface area contributed by atoms with E-state index in [4.69, 9.17) is 4.74 Å². The number of carboxylic acids is 1. The molecule has 2 aromatic rings. The van der Waals surface area contributed by atoms with E-state index >= 15 is 0 Å². The number of nitrogens with zero attached hydrogens (tertiary/aromatic N) is 1. The molecule has 0 spiro atoms. The Morgan fingerprint density at radius 1 is 1.40 bits per heavy atom. The summed E-state index contributed by atoms with van der Waals surface area (Å²) in [7, 11) is 1.43. The van der Waals surface area contributed by atoms with Crippen molar-refractivity contribution in [1.29, 1.82) is 0 Å². The molecule has 1 N–H and O–H groups in total. The van der Waals surface area contributed by atoms with E-state index in [0.717, 1.165) is 27.1 Å². The maximum atomic E-state index is 14.3. The first-order valence-electron chi connectivity index (χ1n) is 8.08. The van der Waals surface area contributed by atoms with Crippen molar-refractivity contribution < 1.29 is 19.0 Å². The van der Waals surface area contributed by atoms with Gasteiger partial charge < -0.3 is 9.84 Å². The first-order chi connectivity index (χ1) is 12.0. The van der Waals surface area contributed by atoms with E-state index in [1.54, 1.807) is 17.4 Å². The van der Waals surface area contributed by atoms with Crippen molar-refractivity contribution in [3.05, 3.63) is 50.4 Å². The zero-order valence-electron chi connectivity index (χ0n) is 13.7. The second-order valence-electron chi connectivity index (χ2n) is 6.03. The van der Waals surface area contributed by atoms with Gasteiger partial charge in [0.05, 0.1) is 16.9 Å². The van der Waals surface area contributed by atoms with Crippen LogP contribution in [-0.2, 0) is 4.79 Å². The smallest absolute Gasteiger partial charge is 0.320 e. The van der Waals surface area contributed by atoms with Gasteiger partial charge in [0, 0.05) is 4.88 Å². The van der Waals surface area contributed by atoms with Crippen LogP contribution in [0, 0.1) is 5.82 Å². The van der Waals surface area contributed by atoms with Gasteiger partial charge in [0.1, 0.15) is 6.04 Å². The van der Waals surface area contributed by atoms with E-state index in [0.29, 0.717) is 13.0 Å². The molecular formula is C18H19BrFNO3S. The minimum atomic E-state index is -0.825. The molecule has 1 aliphatic heterocycles. The number of halogens is 2. The van der Waals surface area contributed by atoms with Gasteiger partial charge in [-0.2, -0.15) is 0 Å². The van der Waals surface area contributed by atoms with Gasteiger partial charge in [-0.3, -0.25) is 9.69 Å². The molecule has 0 aliphatic carbocycles. The number of ether oxygens (including phenoxy) is 1. The molecule has 2 unspecified atom stereocenters. The molecule has 4 nitrogen and oxygen atoms in total. The molecule has 7 heteroatoms. The van der Waals surface area contributed by atoms with Crippen LogP contribution in [0.5, 0.6) is 5.75 Å². The fourth-order valence-corrected chi connectivity index (χ4v) is 4.95. The highest BCUT2D eigenvalue weighted by molar-refractivity contribution is 9.11. The number of methoxy groups -OCH3 is 1. The molecule has 2 atom stereocenters. The van der Waals surface area contributed by atoms with Gasteiger partial charge in [0.25, 0.3) is 0 Å². The first kappa shape index (κ1) is 18.4. The number of likely N-dealkylation sites (tertiary alicyclic amines) is 1. The summed E-state index contributed by atoms with van der Waals surface area (Å²) in [6.45, 7) is 0.671. The summed E-state index contributed by atoms with van der Waals surface area (Å²) >= 11 is 5.01. The van der Waals surface area contributed by atoms with Gasteiger partial charge in [-0.1, -0.05) is 12.5 Å². The summed E-state index contributed by atoms with van der Waals surface area (Å²) in [4.78, 5) is 14.7. The second kappa shape index (κ2) is 7.85. The molecule has 0 amide bonds. The summed E-state index contributed by atoms with van der Waals surface area (Å²) in [5.41, 5.74) is 0.737. The Balaban J connectivity index is 2.06. The second-order valence-corrected chi connectivity index (χ2v) is 8.52. The van der Waals surface area contributed by atoms with Gasteiger partial charge >= 0.3 is 5.97 Å². The number of rotatable bonds is 5. The average Bonchev–Trinajstić information content (AvgIpc) is 3.01. The van der Waals surface area contributed by atoms with Gasteiger partial charge in [-0.05, 0) is 65.1 Å². The summed E-state index contributed by atoms with van der Waals surface area (Å²) < 4.78 is 20.3. The summed E-state index contributed by atoms with van der Waals surface area (Å²) in [6, 6.07) is 7.91. The number of aliphatic carboxylic acids is 1. The van der Waals surface area contributed by atoms with Crippen LogP contribution in [0.2, 0.25) is 0 Å². The number of thiophene rings is 1. The predicted octanol–water partition coefficient (Wildman–Crippen LogP) is 4.69. The fourth-order valence-electron chi connectivity index (χ4n) is 3.38. The third-order valence-electron chi connectivity index (χ3n) is 4.52. The van der Waals surface area contributed by atoms with Crippen LogP contribution >= 0.6 is 27.3 Å². The molecule has 1 saturated heterocycles. The van der Waals surface area contributed by atoms with E-state index in [9.17, 15) is 14.3 Å². The minimum Gasteiger partial charge on any atom is -0.494 e. The standard InChI is InChI=1S/C18H19BrFNO3S/c1-24-14-6-5-11(10-12(14)20)17(15-7-8-16(19)25-15)21-9-3-2-4-13(21)18(22)23/h5-8,10,13,17H,2-4,9H2,1H3,(H,22,23). The van der Waals surface area contributed by atoms with Crippen molar-refractivity contribution in [1.82, 2.24) is 4.90 Å². The number of hydrogen-bond acceptors (Lipinski definition) is 4. The largest absolute Gasteiger partial charge is 0.494 e. The molecule has 2 heterocycles. The van der Waals surface area contributed by atoms with Crippen LogP contribution in [0.1, 0.15) is 35.7 Å². The summed E-state index contributed by atoms with van der Waals surface area (Å²) in [5, 5.41) is 9.65. The molecule has 1 aliphatic rings. The Morgan fingerprint density at radius 3 is 2.80 bits per heavy atom. The number of hydrogen-bond donors (Lipinski definition) is 1. The van der Waals surface area contributed by atoms with Crippen LogP contribution in [0.3, 0.4) is 0 Å². The minimum absolute atomic E-state index is 0.184. The van der Waals surface area contributed by atoms with E-state index in [-0.39, 0.29) is 11.8 Å². The number of benzene rings is 1. The number of carboxylic acid groups (broad SMARTS) is 1. The number of carbonyl (C=O) groups is 1. The van der Waals surface area contributed by atoms with Crippen molar-refractivity contribution >= 4 is 33.2 Å². The number of piperidine rings is 1. The third-order valence-corrected chi connectivity index (χ3v) is 6.19. The molecule has 25 heavy (non-hydrogen) atoms. The summed E-state index contributed by atoms with van der Waals surface area (Å²) in [6.07, 6.45) is 2.44. The molecule has 0 bridgehead atoms. The van der Waals surface area contributed by atoms with Gasteiger partial charge in [0.15, 0.2) is 11.6 Å². The SMILES string of the molecule is COc1ccc(C(c2ccc(Br)s2)N2CCCCC2C(=O)O)cc1F. The van der Waals surface area contributed by atoms with Crippen LogP contribution < -0.4 is 4.74 Å². The van der Waals surface area contributed by atoms with Crippen LogP contribution in [0.15, 0.2) is 34.1 Å². The molecule has 1 aromatic carbocycles. The van der Waals surface area contributed by atoms with E-state index in [2.05, 4.69) is 15.9 Å². The average molecular weight is 428 g/mol.